The highest BCUT2D eigenvalue weighted by atomic mass is 79.9. The summed E-state index contributed by atoms with van der Waals surface area (Å²) in [6, 6.07) is 18.3. The van der Waals surface area contributed by atoms with E-state index in [0.29, 0.717) is 67.0 Å². The van der Waals surface area contributed by atoms with Crippen molar-refractivity contribution in [2.24, 2.45) is 0 Å². The number of imide groups is 2. The standard InChI is InChI=1S/C21H18BrClN4O3.C19H17ClN4O2.C2H2Br2O/c1-12-9-13(5-7-16(12)24-4)26-19(29)21(2,3)27(20(26)30)14-6-8-17(15(23)10-14)25-18(28)11-22;1-11-9-12(6-8-16(11)22-4)23-17(25)19(2,3)24(18(23)26)13-5-7-15(21)14(20)10-13;3-1-2(4)5/h5-10H,11H2,1-3H3,(H,25,28);5-10H,21H2,1-3H3;1H2. The second-order valence-corrected chi connectivity index (χ2v) is 17.2. The van der Waals surface area contributed by atoms with Crippen molar-refractivity contribution in [3.63, 3.8) is 0 Å². The van der Waals surface area contributed by atoms with E-state index in [1.54, 1.807) is 108 Å². The van der Waals surface area contributed by atoms with Gasteiger partial charge in [0.25, 0.3) is 11.8 Å². The van der Waals surface area contributed by atoms with Crippen LogP contribution in [-0.2, 0) is 19.2 Å². The molecule has 0 saturated carbocycles. The van der Waals surface area contributed by atoms with Crippen LogP contribution in [0.1, 0.15) is 38.8 Å². The fourth-order valence-corrected chi connectivity index (χ4v) is 6.84. The van der Waals surface area contributed by atoms with Gasteiger partial charge < -0.3 is 11.1 Å². The fraction of sp³-hybridized carbons (Fsp3) is 0.238. The number of benzene rings is 4. The van der Waals surface area contributed by atoms with E-state index in [1.165, 1.54) is 15.9 Å². The molecule has 0 spiro atoms. The van der Waals surface area contributed by atoms with Crippen LogP contribution >= 0.6 is 71.0 Å². The van der Waals surface area contributed by atoms with Crippen LogP contribution < -0.4 is 30.7 Å². The van der Waals surface area contributed by atoms with Gasteiger partial charge in [-0.3, -0.25) is 29.0 Å². The van der Waals surface area contributed by atoms with E-state index in [-0.39, 0.29) is 26.9 Å². The minimum atomic E-state index is -1.16. The number of aryl methyl sites for hydroxylation is 2. The van der Waals surface area contributed by atoms with Crippen LogP contribution in [0.5, 0.6) is 0 Å². The lowest BCUT2D eigenvalue weighted by Gasteiger charge is -2.28. The third-order valence-electron chi connectivity index (χ3n) is 9.41. The molecule has 19 heteroatoms. The Morgan fingerprint density at radius 3 is 1.41 bits per heavy atom. The Balaban J connectivity index is 0.000000244. The number of carbonyl (C=O) groups excluding carboxylic acids is 6. The topological polar surface area (TPSA) is 162 Å². The number of amides is 7. The fourth-order valence-electron chi connectivity index (χ4n) is 6.30. The number of anilines is 6. The Hall–Kier alpha value is -5.30. The average Bonchev–Trinajstić information content (AvgIpc) is 3.50. The number of nitrogens with one attached hydrogen (secondary N) is 1. The van der Waals surface area contributed by atoms with E-state index in [4.69, 9.17) is 42.1 Å². The maximum Gasteiger partial charge on any atom is 0.336 e. The van der Waals surface area contributed by atoms with E-state index in [0.717, 1.165) is 9.80 Å². The molecule has 2 aliphatic heterocycles. The quantitative estimate of drug-likeness (QED) is 0.0612. The van der Waals surface area contributed by atoms with Crippen LogP contribution in [-0.4, -0.2) is 56.2 Å². The van der Waals surface area contributed by atoms with E-state index in [1.807, 2.05) is 0 Å². The smallest absolute Gasteiger partial charge is 0.336 e. The minimum Gasteiger partial charge on any atom is -0.398 e. The largest absolute Gasteiger partial charge is 0.398 e. The number of carbonyl (C=O) groups is 6. The molecule has 7 amide bonds. The summed E-state index contributed by atoms with van der Waals surface area (Å²) in [5, 5.41) is 3.72. The monoisotopic (exact) mass is 1060 g/mol. The van der Waals surface area contributed by atoms with Crippen molar-refractivity contribution in [3.05, 3.63) is 117 Å². The zero-order chi connectivity index (χ0) is 45.7. The number of hydrogen-bond acceptors (Lipinski definition) is 7. The number of urea groups is 2. The normalized spacial score (nSPS) is 15.0. The summed E-state index contributed by atoms with van der Waals surface area (Å²) in [6.45, 7) is 24.5. The predicted molar refractivity (Wildman–Crippen MR) is 251 cm³/mol. The molecule has 6 rings (SSSR count). The SMILES string of the molecule is O=C(Br)CBr.[C-]#[N+]c1ccc(N2C(=O)N(c3ccc(N)c(Cl)c3)C(C)(C)C2=O)cc1C.[C-]#[N+]c1ccc(N2C(=O)N(c3ccc(NC(=O)CBr)c(Cl)c3)C(C)(C)C2=O)cc1C. The molecule has 0 atom stereocenters. The molecule has 2 fully saturated rings. The lowest BCUT2D eigenvalue weighted by atomic mass is 10.0. The van der Waals surface area contributed by atoms with E-state index < -0.39 is 29.0 Å². The molecule has 2 saturated heterocycles. The first kappa shape index (κ1) is 48.4. The molecule has 0 aliphatic carbocycles. The van der Waals surface area contributed by atoms with Crippen molar-refractivity contribution in [2.45, 2.75) is 52.6 Å². The van der Waals surface area contributed by atoms with Crippen molar-refractivity contribution in [1.29, 1.82) is 0 Å². The summed E-state index contributed by atoms with van der Waals surface area (Å²) in [7, 11) is 0. The minimum absolute atomic E-state index is 0.0162. The molecule has 0 unspecified atom stereocenters. The van der Waals surface area contributed by atoms with Crippen molar-refractivity contribution in [2.75, 3.05) is 41.3 Å². The number of nitrogen functional groups attached to an aromatic ring is 1. The van der Waals surface area contributed by atoms with Gasteiger partial charge in [0, 0.05) is 11.4 Å². The highest BCUT2D eigenvalue weighted by Gasteiger charge is 2.54. The number of rotatable bonds is 7. The molecule has 61 heavy (non-hydrogen) atoms. The zero-order valence-electron chi connectivity index (χ0n) is 33.4. The van der Waals surface area contributed by atoms with Gasteiger partial charge in [0.2, 0.25) is 10.6 Å². The van der Waals surface area contributed by atoms with Crippen molar-refractivity contribution in [1.82, 2.24) is 0 Å². The first-order chi connectivity index (χ1) is 28.6. The van der Waals surface area contributed by atoms with Gasteiger partial charge >= 0.3 is 12.1 Å². The Morgan fingerprint density at radius 1 is 0.672 bits per heavy atom. The molecule has 14 nitrogen and oxygen atoms in total. The third-order valence-corrected chi connectivity index (χ3v) is 12.1. The Morgan fingerprint density at radius 2 is 1.07 bits per heavy atom. The van der Waals surface area contributed by atoms with Gasteiger partial charge in [-0.2, -0.15) is 0 Å². The lowest BCUT2D eigenvalue weighted by Crippen LogP contribution is -2.44. The van der Waals surface area contributed by atoms with Crippen LogP contribution in [0.15, 0.2) is 72.8 Å². The summed E-state index contributed by atoms with van der Waals surface area (Å²) >= 11 is 21.1. The first-order valence-corrected chi connectivity index (χ1v) is 21.6. The molecule has 2 aliphatic rings. The number of nitrogens with zero attached hydrogens (tertiary/aromatic N) is 6. The molecule has 2 heterocycles. The van der Waals surface area contributed by atoms with Crippen molar-refractivity contribution < 1.29 is 28.8 Å². The van der Waals surface area contributed by atoms with Gasteiger partial charge in [-0.25, -0.2) is 29.1 Å². The number of hydrogen-bond donors (Lipinski definition) is 2. The molecule has 3 N–H and O–H groups in total. The van der Waals surface area contributed by atoms with Crippen LogP contribution in [0, 0.1) is 27.0 Å². The highest BCUT2D eigenvalue weighted by molar-refractivity contribution is 9.19. The van der Waals surface area contributed by atoms with E-state index >= 15 is 0 Å². The molecule has 0 radical (unpaired) electrons. The van der Waals surface area contributed by atoms with Gasteiger partial charge in [0.1, 0.15) is 11.1 Å². The van der Waals surface area contributed by atoms with Crippen LogP contribution in [0.3, 0.4) is 0 Å². The zero-order valence-corrected chi connectivity index (χ0v) is 39.7. The highest BCUT2D eigenvalue weighted by Crippen LogP contribution is 2.41. The molecule has 0 aromatic heterocycles. The second-order valence-electron chi connectivity index (χ2n) is 14.3. The van der Waals surface area contributed by atoms with Gasteiger partial charge in [0.15, 0.2) is 11.4 Å². The summed E-state index contributed by atoms with van der Waals surface area (Å²) < 4.78 is -0.0162. The summed E-state index contributed by atoms with van der Waals surface area (Å²) in [5.74, 6) is -1.01. The predicted octanol–water partition coefficient (Wildman–Crippen LogP) is 11.1. The van der Waals surface area contributed by atoms with Gasteiger partial charge in [-0.1, -0.05) is 67.2 Å². The molecule has 0 bridgehead atoms. The van der Waals surface area contributed by atoms with Gasteiger partial charge in [-0.15, -0.1) is 0 Å². The molecular weight excluding hydrogens is 1020 g/mol. The molecule has 4 aromatic rings. The van der Waals surface area contributed by atoms with E-state index in [2.05, 4.69) is 62.8 Å². The number of halogens is 5. The third kappa shape index (κ3) is 10.1. The molecular formula is C42H37Br3Cl2N8O6. The van der Waals surface area contributed by atoms with E-state index in [9.17, 15) is 28.8 Å². The summed E-state index contributed by atoms with van der Waals surface area (Å²) in [4.78, 5) is 85.6. The Kier molecular flexibility index (Phi) is 15.5. The maximum atomic E-state index is 13.3. The molecule has 4 aromatic carbocycles. The van der Waals surface area contributed by atoms with Gasteiger partial charge in [0.05, 0.1) is 56.6 Å². The van der Waals surface area contributed by atoms with Gasteiger partial charge in [-0.05, 0) is 129 Å². The van der Waals surface area contributed by atoms with Crippen LogP contribution in [0.4, 0.5) is 55.1 Å². The van der Waals surface area contributed by atoms with Crippen LogP contribution in [0.2, 0.25) is 10.0 Å². The summed E-state index contributed by atoms with van der Waals surface area (Å²) in [5.41, 5.74) is 8.36. The Bertz CT molecular complexity index is 2560. The summed E-state index contributed by atoms with van der Waals surface area (Å²) in [6.07, 6.45) is 0. The second kappa shape index (κ2) is 19.6. The van der Waals surface area contributed by atoms with Crippen molar-refractivity contribution in [3.8, 4) is 0 Å². The maximum absolute atomic E-state index is 13.3. The Labute approximate surface area is 387 Å². The van der Waals surface area contributed by atoms with Crippen LogP contribution in [0.25, 0.3) is 9.69 Å². The number of alkyl halides is 2. The lowest BCUT2D eigenvalue weighted by molar-refractivity contribution is -0.121. The number of nitrogens with two attached hydrogens (primary N) is 1. The average molecular weight is 1060 g/mol. The first-order valence-electron chi connectivity index (χ1n) is 17.9. The molecule has 316 valence electrons. The van der Waals surface area contributed by atoms with Crippen molar-refractivity contribution >= 4 is 151 Å².